The quantitative estimate of drug-likeness (QED) is 0.869. The number of para-hydroxylation sites is 1. The molecule has 5 heteroatoms. The zero-order valence-corrected chi connectivity index (χ0v) is 15.4. The van der Waals surface area contributed by atoms with Crippen molar-refractivity contribution in [2.75, 3.05) is 31.1 Å². The number of rotatable bonds is 3. The molecule has 0 bridgehead atoms. The van der Waals surface area contributed by atoms with Crippen molar-refractivity contribution in [3.8, 4) is 0 Å². The molecule has 0 atom stereocenters. The number of halogens is 1. The second-order valence-corrected chi connectivity index (χ2v) is 6.87. The van der Waals surface area contributed by atoms with E-state index in [0.29, 0.717) is 6.54 Å². The summed E-state index contributed by atoms with van der Waals surface area (Å²) in [6.45, 7) is 5.82. The summed E-state index contributed by atoms with van der Waals surface area (Å²) >= 11 is 3.60. The Morgan fingerprint density at radius 1 is 1.04 bits per heavy atom. The minimum Gasteiger partial charge on any atom is -0.367 e. The van der Waals surface area contributed by atoms with Crippen molar-refractivity contribution in [2.45, 2.75) is 13.5 Å². The van der Waals surface area contributed by atoms with Crippen molar-refractivity contribution in [3.63, 3.8) is 0 Å². The Labute approximate surface area is 151 Å². The number of hydrogen-bond donors (Lipinski definition) is 1. The van der Waals surface area contributed by atoms with Crippen molar-refractivity contribution < 1.29 is 4.79 Å². The number of hydrogen-bond acceptors (Lipinski definition) is 2. The van der Waals surface area contributed by atoms with Gasteiger partial charge in [0.25, 0.3) is 0 Å². The molecule has 1 heterocycles. The molecule has 1 aliphatic rings. The summed E-state index contributed by atoms with van der Waals surface area (Å²) in [5, 5.41) is 3.03. The Morgan fingerprint density at radius 2 is 1.71 bits per heavy atom. The monoisotopic (exact) mass is 387 g/mol. The van der Waals surface area contributed by atoms with Gasteiger partial charge in [0.05, 0.1) is 5.69 Å². The van der Waals surface area contributed by atoms with Crippen molar-refractivity contribution in [1.82, 2.24) is 10.2 Å². The van der Waals surface area contributed by atoms with E-state index in [-0.39, 0.29) is 6.03 Å². The lowest BCUT2D eigenvalue weighted by Crippen LogP contribution is -2.51. The number of carbonyl (C=O) groups is 1. The van der Waals surface area contributed by atoms with Crippen LogP contribution in [-0.2, 0) is 6.54 Å². The molecule has 0 saturated carbocycles. The number of amides is 2. The zero-order chi connectivity index (χ0) is 16.9. The van der Waals surface area contributed by atoms with Crippen molar-refractivity contribution >= 4 is 27.6 Å². The van der Waals surface area contributed by atoms with E-state index in [0.717, 1.165) is 36.2 Å². The van der Waals surface area contributed by atoms with Gasteiger partial charge in [-0.3, -0.25) is 0 Å². The number of urea groups is 1. The summed E-state index contributed by atoms with van der Waals surface area (Å²) in [7, 11) is 0. The number of aryl methyl sites for hydroxylation is 1. The molecule has 1 fully saturated rings. The fraction of sp³-hybridized carbons (Fsp3) is 0.316. The van der Waals surface area contributed by atoms with Gasteiger partial charge in [0, 0.05) is 37.2 Å². The Hall–Kier alpha value is -2.01. The number of anilines is 1. The minimum atomic E-state index is 0.0185. The smallest absolute Gasteiger partial charge is 0.317 e. The van der Waals surface area contributed by atoms with Gasteiger partial charge in [-0.15, -0.1) is 0 Å². The van der Waals surface area contributed by atoms with Gasteiger partial charge in [-0.1, -0.05) is 36.4 Å². The van der Waals surface area contributed by atoms with Crippen LogP contribution in [0.1, 0.15) is 11.1 Å². The summed E-state index contributed by atoms with van der Waals surface area (Å²) in [6.07, 6.45) is 0. The third-order valence-corrected chi connectivity index (χ3v) is 5.12. The second kappa shape index (κ2) is 7.71. The van der Waals surface area contributed by atoms with Crippen LogP contribution in [0.3, 0.4) is 0 Å². The topological polar surface area (TPSA) is 35.6 Å². The molecule has 2 aromatic carbocycles. The van der Waals surface area contributed by atoms with Crippen molar-refractivity contribution in [3.05, 3.63) is 64.1 Å². The van der Waals surface area contributed by atoms with Gasteiger partial charge in [-0.2, -0.15) is 0 Å². The number of nitrogens with one attached hydrogen (secondary N) is 1. The zero-order valence-electron chi connectivity index (χ0n) is 13.8. The molecule has 24 heavy (non-hydrogen) atoms. The van der Waals surface area contributed by atoms with Gasteiger partial charge in [-0.05, 0) is 46.1 Å². The molecule has 0 aliphatic carbocycles. The molecule has 1 N–H and O–H groups in total. The fourth-order valence-electron chi connectivity index (χ4n) is 2.95. The number of benzene rings is 2. The van der Waals surface area contributed by atoms with E-state index in [2.05, 4.69) is 57.3 Å². The van der Waals surface area contributed by atoms with Crippen LogP contribution in [-0.4, -0.2) is 37.1 Å². The molecule has 1 aliphatic heterocycles. The Kier molecular flexibility index (Phi) is 5.41. The van der Waals surface area contributed by atoms with Crippen LogP contribution in [0.2, 0.25) is 0 Å². The highest BCUT2D eigenvalue weighted by Gasteiger charge is 2.22. The lowest BCUT2D eigenvalue weighted by atomic mass is 10.1. The first-order chi connectivity index (χ1) is 11.6. The second-order valence-electron chi connectivity index (χ2n) is 6.01. The third-order valence-electron chi connectivity index (χ3n) is 4.45. The molecule has 0 unspecified atom stereocenters. The van der Waals surface area contributed by atoms with Gasteiger partial charge in [0.15, 0.2) is 0 Å². The minimum absolute atomic E-state index is 0.0185. The van der Waals surface area contributed by atoms with E-state index in [9.17, 15) is 4.79 Å². The lowest BCUT2D eigenvalue weighted by Gasteiger charge is -2.36. The van der Waals surface area contributed by atoms with Crippen LogP contribution in [0.15, 0.2) is 53.0 Å². The van der Waals surface area contributed by atoms with Crippen LogP contribution in [0.25, 0.3) is 0 Å². The van der Waals surface area contributed by atoms with Crippen LogP contribution >= 0.6 is 15.9 Å². The van der Waals surface area contributed by atoms with Crippen molar-refractivity contribution in [1.29, 1.82) is 0 Å². The van der Waals surface area contributed by atoms with Gasteiger partial charge < -0.3 is 15.1 Å². The lowest BCUT2D eigenvalue weighted by molar-refractivity contribution is 0.194. The van der Waals surface area contributed by atoms with Crippen molar-refractivity contribution in [2.24, 2.45) is 0 Å². The highest BCUT2D eigenvalue weighted by atomic mass is 79.9. The molecule has 0 aromatic heterocycles. The molecule has 3 rings (SSSR count). The highest BCUT2D eigenvalue weighted by Crippen LogP contribution is 2.26. The SMILES string of the molecule is Cc1ccccc1CNC(=O)N1CCN(c2ccccc2Br)CC1. The average Bonchev–Trinajstić information content (AvgIpc) is 2.61. The van der Waals surface area contributed by atoms with Crippen LogP contribution in [0, 0.1) is 6.92 Å². The van der Waals surface area contributed by atoms with Gasteiger partial charge in [0.1, 0.15) is 0 Å². The van der Waals surface area contributed by atoms with E-state index < -0.39 is 0 Å². The maximum atomic E-state index is 12.4. The van der Waals surface area contributed by atoms with E-state index in [1.54, 1.807) is 0 Å². The van der Waals surface area contributed by atoms with E-state index in [1.165, 1.54) is 11.3 Å². The first-order valence-electron chi connectivity index (χ1n) is 8.22. The number of carbonyl (C=O) groups excluding carboxylic acids is 1. The highest BCUT2D eigenvalue weighted by molar-refractivity contribution is 9.10. The van der Waals surface area contributed by atoms with Gasteiger partial charge in [0.2, 0.25) is 0 Å². The maximum absolute atomic E-state index is 12.4. The Balaban J connectivity index is 1.52. The molecule has 1 saturated heterocycles. The summed E-state index contributed by atoms with van der Waals surface area (Å²) in [6, 6.07) is 16.4. The summed E-state index contributed by atoms with van der Waals surface area (Å²) in [5.41, 5.74) is 3.56. The largest absolute Gasteiger partial charge is 0.367 e. The normalized spacial score (nSPS) is 14.6. The van der Waals surface area contributed by atoms with Crippen LogP contribution in [0.5, 0.6) is 0 Å². The number of piperazine rings is 1. The third kappa shape index (κ3) is 3.90. The average molecular weight is 388 g/mol. The molecule has 0 radical (unpaired) electrons. The first-order valence-corrected chi connectivity index (χ1v) is 9.01. The molecular weight excluding hydrogens is 366 g/mol. The predicted molar refractivity (Wildman–Crippen MR) is 101 cm³/mol. The summed E-state index contributed by atoms with van der Waals surface area (Å²) < 4.78 is 1.10. The predicted octanol–water partition coefficient (Wildman–Crippen LogP) is 3.79. The van der Waals surface area contributed by atoms with Crippen LogP contribution in [0.4, 0.5) is 10.5 Å². The summed E-state index contributed by atoms with van der Waals surface area (Å²) in [4.78, 5) is 16.6. The van der Waals surface area contributed by atoms with Gasteiger partial charge >= 0.3 is 6.03 Å². The summed E-state index contributed by atoms with van der Waals surface area (Å²) in [5.74, 6) is 0. The maximum Gasteiger partial charge on any atom is 0.317 e. The Bertz CT molecular complexity index is 711. The molecule has 126 valence electrons. The standard InChI is InChI=1S/C19H22BrN3O/c1-15-6-2-3-7-16(15)14-21-19(24)23-12-10-22(11-13-23)18-9-5-4-8-17(18)20/h2-9H,10-14H2,1H3,(H,21,24). The van der Waals surface area contributed by atoms with Gasteiger partial charge in [-0.25, -0.2) is 4.79 Å². The molecular formula is C19H22BrN3O. The van der Waals surface area contributed by atoms with E-state index in [4.69, 9.17) is 0 Å². The van der Waals surface area contributed by atoms with Crippen LogP contribution < -0.4 is 10.2 Å². The number of nitrogens with zero attached hydrogens (tertiary/aromatic N) is 2. The van der Waals surface area contributed by atoms with E-state index >= 15 is 0 Å². The first kappa shape index (κ1) is 16.8. The van der Waals surface area contributed by atoms with E-state index in [1.807, 2.05) is 29.2 Å². The molecule has 4 nitrogen and oxygen atoms in total. The fourth-order valence-corrected chi connectivity index (χ4v) is 3.49. The molecule has 0 spiro atoms. The molecule has 2 aromatic rings. The molecule has 2 amide bonds. The Morgan fingerprint density at radius 3 is 2.42 bits per heavy atom.